The Kier molecular flexibility index (Phi) is 3.42. The maximum absolute atomic E-state index is 12.6. The molecule has 0 bridgehead atoms. The second-order valence-electron chi connectivity index (χ2n) is 6.59. The van der Waals surface area contributed by atoms with Gasteiger partial charge in [0.15, 0.2) is 0 Å². The number of rotatable bonds is 3. The van der Waals surface area contributed by atoms with Crippen LogP contribution in [0.25, 0.3) is 0 Å². The molecule has 4 heteroatoms. The van der Waals surface area contributed by atoms with E-state index in [4.69, 9.17) is 5.11 Å². The molecule has 0 unspecified atom stereocenters. The van der Waals surface area contributed by atoms with Crippen molar-refractivity contribution in [2.24, 2.45) is 5.92 Å². The molecule has 2 aliphatic carbocycles. The fraction of sp³-hybridized carbons (Fsp3) is 0.368. The minimum atomic E-state index is -0.121. The maximum Gasteiger partial charge on any atom is 0.229 e. The summed E-state index contributed by atoms with van der Waals surface area (Å²) in [7, 11) is 0. The second kappa shape index (κ2) is 5.46. The SMILES string of the molecule is O=C(Nc1cccc(CO)n1)[C@@H]1C[C@]12CCCc1ccccc12. The maximum atomic E-state index is 12.6. The molecule has 1 spiro atoms. The first-order valence-electron chi connectivity index (χ1n) is 8.19. The molecule has 2 atom stereocenters. The largest absolute Gasteiger partial charge is 0.390 e. The Morgan fingerprint density at radius 1 is 1.26 bits per heavy atom. The zero-order chi connectivity index (χ0) is 15.9. The Morgan fingerprint density at radius 3 is 3.00 bits per heavy atom. The number of hydrogen-bond donors (Lipinski definition) is 2. The van der Waals surface area contributed by atoms with Gasteiger partial charge in [0.25, 0.3) is 0 Å². The topological polar surface area (TPSA) is 62.2 Å². The molecule has 1 heterocycles. The van der Waals surface area contributed by atoms with Gasteiger partial charge in [-0.1, -0.05) is 30.3 Å². The predicted molar refractivity (Wildman–Crippen MR) is 88.0 cm³/mol. The van der Waals surface area contributed by atoms with Crippen molar-refractivity contribution in [1.29, 1.82) is 0 Å². The molecule has 2 N–H and O–H groups in total. The Morgan fingerprint density at radius 2 is 2.13 bits per heavy atom. The molecule has 1 aromatic heterocycles. The lowest BCUT2D eigenvalue weighted by Crippen LogP contribution is -2.25. The quantitative estimate of drug-likeness (QED) is 0.916. The van der Waals surface area contributed by atoms with Gasteiger partial charge in [-0.3, -0.25) is 4.79 Å². The number of hydrogen-bond acceptors (Lipinski definition) is 3. The van der Waals surface area contributed by atoms with E-state index in [-0.39, 0.29) is 23.8 Å². The molecule has 1 fully saturated rings. The third kappa shape index (κ3) is 2.43. The van der Waals surface area contributed by atoms with Gasteiger partial charge in [0.1, 0.15) is 5.82 Å². The normalized spacial score (nSPS) is 25.0. The van der Waals surface area contributed by atoms with Crippen LogP contribution < -0.4 is 5.32 Å². The molecule has 118 valence electrons. The number of amides is 1. The number of anilines is 1. The van der Waals surface area contributed by atoms with Gasteiger partial charge in [-0.25, -0.2) is 4.98 Å². The highest BCUT2D eigenvalue weighted by Gasteiger charge is 2.60. The van der Waals surface area contributed by atoms with E-state index in [2.05, 4.69) is 34.6 Å². The number of nitrogens with zero attached hydrogens (tertiary/aromatic N) is 1. The van der Waals surface area contributed by atoms with E-state index in [9.17, 15) is 4.79 Å². The minimum Gasteiger partial charge on any atom is -0.390 e. The average Bonchev–Trinajstić information content (AvgIpc) is 3.30. The fourth-order valence-corrected chi connectivity index (χ4v) is 4.03. The summed E-state index contributed by atoms with van der Waals surface area (Å²) in [5.41, 5.74) is 3.36. The van der Waals surface area contributed by atoms with Gasteiger partial charge in [0.05, 0.1) is 12.3 Å². The van der Waals surface area contributed by atoms with Crippen LogP contribution in [0, 0.1) is 5.92 Å². The molecular weight excluding hydrogens is 288 g/mol. The monoisotopic (exact) mass is 308 g/mol. The van der Waals surface area contributed by atoms with Crippen LogP contribution in [0.15, 0.2) is 42.5 Å². The van der Waals surface area contributed by atoms with Crippen molar-refractivity contribution < 1.29 is 9.90 Å². The van der Waals surface area contributed by atoms with E-state index in [1.54, 1.807) is 18.2 Å². The Hall–Kier alpha value is -2.20. The van der Waals surface area contributed by atoms with Crippen LogP contribution in [0.1, 0.15) is 36.1 Å². The number of fused-ring (bicyclic) bond motifs is 2. The summed E-state index contributed by atoms with van der Waals surface area (Å²) < 4.78 is 0. The minimum absolute atomic E-state index is 0.0310. The first-order chi connectivity index (χ1) is 11.2. The highest BCUT2D eigenvalue weighted by Crippen LogP contribution is 2.60. The third-order valence-electron chi connectivity index (χ3n) is 5.23. The van der Waals surface area contributed by atoms with E-state index in [1.807, 2.05) is 0 Å². The van der Waals surface area contributed by atoms with Gasteiger partial charge in [0.2, 0.25) is 5.91 Å². The molecular formula is C19H20N2O2. The van der Waals surface area contributed by atoms with Crippen molar-refractivity contribution >= 4 is 11.7 Å². The first kappa shape index (κ1) is 14.4. The van der Waals surface area contributed by atoms with Crippen LogP contribution in [-0.2, 0) is 23.2 Å². The number of aryl methyl sites for hydroxylation is 1. The molecule has 0 aliphatic heterocycles. The van der Waals surface area contributed by atoms with Crippen LogP contribution in [0.2, 0.25) is 0 Å². The van der Waals surface area contributed by atoms with Crippen molar-refractivity contribution in [2.75, 3.05) is 5.32 Å². The molecule has 4 rings (SSSR count). The van der Waals surface area contributed by atoms with E-state index < -0.39 is 0 Å². The Labute approximate surface area is 135 Å². The summed E-state index contributed by atoms with van der Waals surface area (Å²) in [6.07, 6.45) is 4.28. The Balaban J connectivity index is 1.54. The first-order valence-corrected chi connectivity index (χ1v) is 8.19. The van der Waals surface area contributed by atoms with Crippen LogP contribution in [0.4, 0.5) is 5.82 Å². The van der Waals surface area contributed by atoms with Gasteiger partial charge < -0.3 is 10.4 Å². The number of benzene rings is 1. The summed E-state index contributed by atoms with van der Waals surface area (Å²) in [6, 6.07) is 13.8. The summed E-state index contributed by atoms with van der Waals surface area (Å²) in [4.78, 5) is 16.9. The van der Waals surface area contributed by atoms with Crippen molar-refractivity contribution in [3.05, 3.63) is 59.3 Å². The highest BCUT2D eigenvalue weighted by molar-refractivity contribution is 5.95. The van der Waals surface area contributed by atoms with Gasteiger partial charge in [0, 0.05) is 11.3 Å². The van der Waals surface area contributed by atoms with E-state index in [0.29, 0.717) is 11.5 Å². The second-order valence-corrected chi connectivity index (χ2v) is 6.59. The molecule has 4 nitrogen and oxygen atoms in total. The molecule has 23 heavy (non-hydrogen) atoms. The predicted octanol–water partition coefficient (Wildman–Crippen LogP) is 2.81. The average molecular weight is 308 g/mol. The lowest BCUT2D eigenvalue weighted by atomic mass is 9.78. The van der Waals surface area contributed by atoms with Crippen molar-refractivity contribution in [2.45, 2.75) is 37.7 Å². The smallest absolute Gasteiger partial charge is 0.229 e. The fourth-order valence-electron chi connectivity index (χ4n) is 4.03. The van der Waals surface area contributed by atoms with Crippen molar-refractivity contribution in [1.82, 2.24) is 4.98 Å². The summed E-state index contributed by atoms with van der Waals surface area (Å²) in [6.45, 7) is -0.121. The zero-order valence-electron chi connectivity index (χ0n) is 13.0. The molecule has 0 radical (unpaired) electrons. The van der Waals surface area contributed by atoms with E-state index in [1.165, 1.54) is 11.1 Å². The number of pyridine rings is 1. The van der Waals surface area contributed by atoms with Crippen LogP contribution in [0.5, 0.6) is 0 Å². The lowest BCUT2D eigenvalue weighted by molar-refractivity contribution is -0.117. The highest BCUT2D eigenvalue weighted by atomic mass is 16.3. The number of aromatic nitrogens is 1. The zero-order valence-corrected chi connectivity index (χ0v) is 13.0. The molecule has 1 amide bonds. The van der Waals surface area contributed by atoms with Gasteiger partial charge in [-0.05, 0) is 48.9 Å². The van der Waals surface area contributed by atoms with Crippen molar-refractivity contribution in [3.63, 3.8) is 0 Å². The summed E-state index contributed by atoms with van der Waals surface area (Å²) >= 11 is 0. The molecule has 2 aliphatic rings. The molecule has 1 aromatic carbocycles. The van der Waals surface area contributed by atoms with Gasteiger partial charge >= 0.3 is 0 Å². The molecule has 0 saturated heterocycles. The summed E-state index contributed by atoms with van der Waals surface area (Å²) in [5.74, 6) is 0.598. The standard InChI is InChI=1S/C19H20N2O2/c22-12-14-7-3-9-17(20-14)21-18(23)16-11-19(16)10-4-6-13-5-1-2-8-15(13)19/h1-3,5,7-9,16,22H,4,6,10-12H2,(H,20,21,23)/t16-,19-/m0/s1. The number of carbonyl (C=O) groups is 1. The van der Waals surface area contributed by atoms with E-state index >= 15 is 0 Å². The third-order valence-corrected chi connectivity index (χ3v) is 5.23. The van der Waals surface area contributed by atoms with E-state index in [0.717, 1.165) is 25.7 Å². The number of nitrogens with one attached hydrogen (secondary N) is 1. The molecule has 2 aromatic rings. The number of carbonyl (C=O) groups excluding carboxylic acids is 1. The van der Waals surface area contributed by atoms with Gasteiger partial charge in [-0.2, -0.15) is 0 Å². The number of aliphatic hydroxyl groups is 1. The van der Waals surface area contributed by atoms with Gasteiger partial charge in [-0.15, -0.1) is 0 Å². The van der Waals surface area contributed by atoms with Crippen molar-refractivity contribution in [3.8, 4) is 0 Å². The number of aliphatic hydroxyl groups excluding tert-OH is 1. The molecule has 1 saturated carbocycles. The Bertz CT molecular complexity index is 759. The lowest BCUT2D eigenvalue weighted by Gasteiger charge is -2.26. The van der Waals surface area contributed by atoms with Crippen LogP contribution >= 0.6 is 0 Å². The van der Waals surface area contributed by atoms with Crippen LogP contribution in [-0.4, -0.2) is 16.0 Å². The van der Waals surface area contributed by atoms with Crippen LogP contribution in [0.3, 0.4) is 0 Å². The summed E-state index contributed by atoms with van der Waals surface area (Å²) in [5, 5.41) is 12.1.